The number of ether oxygens (including phenoxy) is 2. The molecule has 2 aromatic rings. The lowest BCUT2D eigenvalue weighted by molar-refractivity contribution is -0.161. The van der Waals surface area contributed by atoms with Gasteiger partial charge in [0.05, 0.1) is 17.4 Å². The van der Waals surface area contributed by atoms with Crippen LogP contribution in [0.15, 0.2) is 41.3 Å². The number of nitrogens with one attached hydrogen (secondary N) is 1. The summed E-state index contributed by atoms with van der Waals surface area (Å²) in [5.41, 5.74) is 2.83. The van der Waals surface area contributed by atoms with Crippen LogP contribution in [0.5, 0.6) is 11.5 Å². The Morgan fingerprint density at radius 2 is 1.71 bits per heavy atom. The van der Waals surface area contributed by atoms with Crippen LogP contribution < -0.4 is 14.8 Å². The van der Waals surface area contributed by atoms with Gasteiger partial charge in [0.25, 0.3) is 11.1 Å². The van der Waals surface area contributed by atoms with E-state index in [4.69, 9.17) is 9.47 Å². The van der Waals surface area contributed by atoms with Crippen LogP contribution in [-0.2, 0) is 14.4 Å². The summed E-state index contributed by atoms with van der Waals surface area (Å²) in [5.74, 6) is 1.47. The van der Waals surface area contributed by atoms with Gasteiger partial charge in [0, 0.05) is 5.69 Å². The minimum absolute atomic E-state index is 0.164. The number of benzene rings is 2. The summed E-state index contributed by atoms with van der Waals surface area (Å²) >= 11 is 0.783. The Bertz CT molecular complexity index is 1450. The fourth-order valence-corrected chi connectivity index (χ4v) is 8.27. The molecule has 8 nitrogen and oxygen atoms in total. The maximum Gasteiger partial charge on any atom is 0.317 e. The van der Waals surface area contributed by atoms with Crippen molar-refractivity contribution in [3.05, 3.63) is 58.0 Å². The number of anilines is 1. The number of hydrogen-bond donors (Lipinski definition) is 1. The smallest absolute Gasteiger partial charge is 0.317 e. The predicted molar refractivity (Wildman–Crippen MR) is 156 cm³/mol. The third-order valence-corrected chi connectivity index (χ3v) is 10.1. The van der Waals surface area contributed by atoms with Crippen molar-refractivity contribution in [3.8, 4) is 11.5 Å². The molecule has 0 atom stereocenters. The first-order chi connectivity index (χ1) is 19.6. The second-order valence-electron chi connectivity index (χ2n) is 12.1. The molecule has 4 aliphatic carbocycles. The molecule has 1 heterocycles. The van der Waals surface area contributed by atoms with Gasteiger partial charge in [-0.25, -0.2) is 0 Å². The fourth-order valence-electron chi connectivity index (χ4n) is 7.43. The Labute approximate surface area is 243 Å². The van der Waals surface area contributed by atoms with Gasteiger partial charge >= 0.3 is 5.97 Å². The van der Waals surface area contributed by atoms with Crippen molar-refractivity contribution >= 4 is 46.5 Å². The minimum Gasteiger partial charge on any atom is -0.493 e. The van der Waals surface area contributed by atoms with Crippen molar-refractivity contribution < 1.29 is 28.7 Å². The molecule has 0 unspecified atom stereocenters. The van der Waals surface area contributed by atoms with Gasteiger partial charge in [-0.2, -0.15) is 0 Å². The quantitative estimate of drug-likeness (QED) is 0.242. The van der Waals surface area contributed by atoms with Gasteiger partial charge in [0.15, 0.2) is 11.5 Å². The molecular weight excluding hydrogens is 540 g/mol. The molecule has 1 saturated heterocycles. The first-order valence-corrected chi connectivity index (χ1v) is 15.0. The highest BCUT2D eigenvalue weighted by Crippen LogP contribution is 2.60. The van der Waals surface area contributed by atoms with Crippen LogP contribution in [0.1, 0.15) is 55.2 Å². The van der Waals surface area contributed by atoms with E-state index in [1.807, 2.05) is 26.0 Å². The van der Waals surface area contributed by atoms with Crippen LogP contribution in [0.3, 0.4) is 0 Å². The van der Waals surface area contributed by atoms with Gasteiger partial charge in [0.1, 0.15) is 6.54 Å². The standard InChI is InChI=1S/C32H34N2O6S/c1-18-5-4-6-24(19(18)2)33-28(35)17-34-29(36)27(41-31(34)38)13-20-7-8-25(26(12-20)39-3)40-30(37)32-14-21-9-22(15-32)11-23(10-21)16-32/h4-8,12-13,21-23H,9-11,14-17H2,1-3H3,(H,33,35)/b27-13-. The summed E-state index contributed by atoms with van der Waals surface area (Å²) in [5, 5.41) is 2.28. The molecule has 3 amide bonds. The van der Waals surface area contributed by atoms with E-state index in [0.717, 1.165) is 47.1 Å². The van der Waals surface area contributed by atoms with E-state index in [1.165, 1.54) is 26.4 Å². The molecule has 9 heteroatoms. The fraction of sp³-hybridized carbons (Fsp3) is 0.438. The number of carbonyl (C=O) groups is 4. The van der Waals surface area contributed by atoms with Crippen molar-refractivity contribution in [2.75, 3.05) is 19.0 Å². The molecule has 1 aliphatic heterocycles. The number of nitrogens with zero attached hydrogens (tertiary/aromatic N) is 1. The number of imide groups is 1. The number of carbonyl (C=O) groups excluding carboxylic acids is 4. The third kappa shape index (κ3) is 5.27. The van der Waals surface area contributed by atoms with Crippen LogP contribution in [0.2, 0.25) is 0 Å². The Balaban J connectivity index is 1.13. The lowest BCUT2D eigenvalue weighted by Crippen LogP contribution is -2.51. The Hall–Kier alpha value is -3.59. The van der Waals surface area contributed by atoms with Crippen molar-refractivity contribution in [1.29, 1.82) is 0 Å². The van der Waals surface area contributed by atoms with E-state index in [-0.39, 0.29) is 22.8 Å². The first kappa shape index (κ1) is 27.6. The number of esters is 1. The molecule has 2 aromatic carbocycles. The Morgan fingerprint density at radius 1 is 1.02 bits per heavy atom. The largest absolute Gasteiger partial charge is 0.493 e. The van der Waals surface area contributed by atoms with E-state index in [1.54, 1.807) is 30.3 Å². The number of thioether (sulfide) groups is 1. The zero-order valence-corrected chi connectivity index (χ0v) is 24.3. The normalized spacial score (nSPS) is 27.4. The van der Waals surface area contributed by atoms with Crippen LogP contribution in [0.25, 0.3) is 6.08 Å². The zero-order chi connectivity index (χ0) is 28.9. The van der Waals surface area contributed by atoms with Crippen LogP contribution >= 0.6 is 11.8 Å². The van der Waals surface area contributed by atoms with E-state index >= 15 is 0 Å². The lowest BCUT2D eigenvalue weighted by atomic mass is 9.49. The number of methoxy groups -OCH3 is 1. The van der Waals surface area contributed by atoms with E-state index in [0.29, 0.717) is 40.5 Å². The van der Waals surface area contributed by atoms with E-state index in [2.05, 4.69) is 5.32 Å². The van der Waals surface area contributed by atoms with Gasteiger partial charge in [-0.15, -0.1) is 0 Å². The molecule has 41 heavy (non-hydrogen) atoms. The number of amides is 3. The highest BCUT2D eigenvalue weighted by molar-refractivity contribution is 8.18. The number of aryl methyl sites for hydroxylation is 1. The monoisotopic (exact) mass is 574 g/mol. The maximum absolute atomic E-state index is 13.4. The van der Waals surface area contributed by atoms with E-state index < -0.39 is 17.1 Å². The van der Waals surface area contributed by atoms with Crippen molar-refractivity contribution in [3.63, 3.8) is 0 Å². The molecule has 7 rings (SSSR count). The third-order valence-electron chi connectivity index (χ3n) is 9.21. The maximum atomic E-state index is 13.4. The molecular formula is C32H34N2O6S. The van der Waals surface area contributed by atoms with Crippen LogP contribution in [0, 0.1) is 37.0 Å². The first-order valence-electron chi connectivity index (χ1n) is 14.2. The summed E-state index contributed by atoms with van der Waals surface area (Å²) in [4.78, 5) is 52.9. The minimum atomic E-state index is -0.535. The predicted octanol–water partition coefficient (Wildman–Crippen LogP) is 6.11. The SMILES string of the molecule is COc1cc(/C=C2\SC(=O)N(CC(=O)Nc3cccc(C)c3C)C2=O)ccc1OC(=O)C12CC3CC(CC(C3)C1)C2. The summed E-state index contributed by atoms with van der Waals surface area (Å²) in [6.07, 6.45) is 8.05. The van der Waals surface area contributed by atoms with Crippen LogP contribution in [0.4, 0.5) is 10.5 Å². The summed E-state index contributed by atoms with van der Waals surface area (Å²) in [6, 6.07) is 10.7. The lowest BCUT2D eigenvalue weighted by Gasteiger charge is -2.55. The second kappa shape index (κ2) is 10.7. The molecule has 1 N–H and O–H groups in total. The molecule has 4 saturated carbocycles. The Morgan fingerprint density at radius 3 is 2.37 bits per heavy atom. The van der Waals surface area contributed by atoms with Crippen molar-refractivity contribution in [2.45, 2.75) is 52.4 Å². The highest BCUT2D eigenvalue weighted by Gasteiger charge is 2.55. The molecule has 0 spiro atoms. The average Bonchev–Trinajstić information content (AvgIpc) is 3.18. The van der Waals surface area contributed by atoms with Gasteiger partial charge in [-0.1, -0.05) is 18.2 Å². The van der Waals surface area contributed by atoms with Gasteiger partial charge < -0.3 is 14.8 Å². The van der Waals surface area contributed by atoms with Crippen molar-refractivity contribution in [2.24, 2.45) is 23.2 Å². The summed E-state index contributed by atoms with van der Waals surface area (Å²) < 4.78 is 11.5. The molecule has 214 valence electrons. The molecule has 4 bridgehead atoms. The topological polar surface area (TPSA) is 102 Å². The second-order valence-corrected chi connectivity index (χ2v) is 13.1. The van der Waals surface area contributed by atoms with Crippen molar-refractivity contribution in [1.82, 2.24) is 4.90 Å². The van der Waals surface area contributed by atoms with E-state index in [9.17, 15) is 19.2 Å². The highest BCUT2D eigenvalue weighted by atomic mass is 32.2. The van der Waals surface area contributed by atoms with Gasteiger partial charge in [-0.3, -0.25) is 24.1 Å². The van der Waals surface area contributed by atoms with Gasteiger partial charge in [0.2, 0.25) is 5.91 Å². The molecule has 5 aliphatic rings. The van der Waals surface area contributed by atoms with Gasteiger partial charge in [-0.05, 0) is 123 Å². The summed E-state index contributed by atoms with van der Waals surface area (Å²) in [7, 11) is 1.50. The molecule has 0 radical (unpaired) electrons. The Kier molecular flexibility index (Phi) is 7.18. The number of hydrogen-bond acceptors (Lipinski definition) is 7. The van der Waals surface area contributed by atoms with Crippen LogP contribution in [-0.4, -0.2) is 41.6 Å². The molecule has 5 fully saturated rings. The average molecular weight is 575 g/mol. The number of rotatable bonds is 7. The summed E-state index contributed by atoms with van der Waals surface area (Å²) in [6.45, 7) is 3.47. The molecule has 0 aromatic heterocycles. The zero-order valence-electron chi connectivity index (χ0n) is 23.5.